The number of carbonyl (C=O) groups excluding carboxylic acids is 1. The van der Waals surface area contributed by atoms with Crippen LogP contribution >= 0.6 is 22.9 Å². The van der Waals surface area contributed by atoms with E-state index in [9.17, 15) is 4.79 Å². The summed E-state index contributed by atoms with van der Waals surface area (Å²) in [6.07, 6.45) is 0. The van der Waals surface area contributed by atoms with Crippen molar-refractivity contribution in [2.75, 3.05) is 6.61 Å². The van der Waals surface area contributed by atoms with Crippen LogP contribution in [0.4, 0.5) is 4.79 Å². The Morgan fingerprint density at radius 1 is 1.07 bits per heavy atom. The predicted octanol–water partition coefficient (Wildman–Crippen LogP) is 5.53. The van der Waals surface area contributed by atoms with E-state index in [4.69, 9.17) is 16.3 Å². The average Bonchev–Trinajstić information content (AvgIpc) is 3.25. The van der Waals surface area contributed by atoms with Crippen molar-refractivity contribution in [2.24, 2.45) is 0 Å². The third kappa shape index (κ3) is 5.58. The predicted molar refractivity (Wildman–Crippen MR) is 115 cm³/mol. The number of thiophene rings is 1. The highest BCUT2D eigenvalue weighted by atomic mass is 35.5. The highest BCUT2D eigenvalue weighted by Crippen LogP contribution is 2.25. The number of ether oxygens (including phenoxy) is 1. The zero-order chi connectivity index (χ0) is 19.8. The third-order valence-electron chi connectivity index (χ3n) is 4.37. The molecule has 3 rings (SSSR count). The smallest absolute Gasteiger partial charge is 0.315 e. The van der Waals surface area contributed by atoms with Gasteiger partial charge < -0.3 is 15.4 Å². The molecule has 0 aliphatic heterocycles. The maximum absolute atomic E-state index is 12.6. The molecule has 0 saturated carbocycles. The minimum atomic E-state index is -0.234. The molecule has 0 saturated heterocycles. The number of benzene rings is 2. The fourth-order valence-corrected chi connectivity index (χ4v) is 3.71. The molecule has 0 radical (unpaired) electrons. The molecule has 3 aromatic rings. The first-order valence-corrected chi connectivity index (χ1v) is 10.5. The van der Waals surface area contributed by atoms with E-state index < -0.39 is 0 Å². The van der Waals surface area contributed by atoms with E-state index in [1.807, 2.05) is 72.3 Å². The normalized spacial score (nSPS) is 11.8. The van der Waals surface area contributed by atoms with Crippen LogP contribution < -0.4 is 10.6 Å². The number of hydrogen-bond acceptors (Lipinski definition) is 3. The zero-order valence-electron chi connectivity index (χ0n) is 15.7. The lowest BCUT2D eigenvalue weighted by Crippen LogP contribution is -2.38. The van der Waals surface area contributed by atoms with E-state index in [2.05, 4.69) is 10.6 Å². The summed E-state index contributed by atoms with van der Waals surface area (Å²) in [4.78, 5) is 12.6. The van der Waals surface area contributed by atoms with Crippen molar-refractivity contribution in [1.82, 2.24) is 10.6 Å². The summed E-state index contributed by atoms with van der Waals surface area (Å²) in [5, 5.41) is 10.7. The topological polar surface area (TPSA) is 50.4 Å². The third-order valence-corrected chi connectivity index (χ3v) is 5.33. The summed E-state index contributed by atoms with van der Waals surface area (Å²) < 4.78 is 5.51. The Bertz CT molecular complexity index is 882. The minimum Gasteiger partial charge on any atom is -0.377 e. The second kappa shape index (κ2) is 10.3. The van der Waals surface area contributed by atoms with Crippen LogP contribution in [0.5, 0.6) is 0 Å². The van der Waals surface area contributed by atoms with Gasteiger partial charge in [0, 0.05) is 18.2 Å². The van der Waals surface area contributed by atoms with Gasteiger partial charge in [0.2, 0.25) is 0 Å². The summed E-state index contributed by atoms with van der Waals surface area (Å²) in [5.41, 5.74) is 4.15. The second-order valence-corrected chi connectivity index (χ2v) is 7.49. The van der Waals surface area contributed by atoms with Crippen LogP contribution in [0.25, 0.3) is 0 Å². The molecule has 0 aliphatic carbocycles. The number of urea groups is 1. The second-order valence-electron chi connectivity index (χ2n) is 6.27. The van der Waals surface area contributed by atoms with Gasteiger partial charge in [-0.2, -0.15) is 11.3 Å². The Morgan fingerprint density at radius 3 is 2.50 bits per heavy atom. The molecule has 4 nitrogen and oxygen atoms in total. The fraction of sp³-hybridized carbons (Fsp3) is 0.227. The van der Waals surface area contributed by atoms with Gasteiger partial charge in [0.05, 0.1) is 12.6 Å². The molecule has 0 bridgehead atoms. The molecule has 1 unspecified atom stereocenters. The van der Waals surface area contributed by atoms with E-state index in [0.717, 1.165) is 22.3 Å². The Labute approximate surface area is 174 Å². The van der Waals surface area contributed by atoms with E-state index in [1.165, 1.54) is 0 Å². The monoisotopic (exact) mass is 414 g/mol. The SMILES string of the molecule is CCOCc1ccccc1CNC(=O)NC(c1ccc(Cl)cc1)c1ccsc1. The molecular weight excluding hydrogens is 392 g/mol. The van der Waals surface area contributed by atoms with Crippen LogP contribution in [0.2, 0.25) is 5.02 Å². The first kappa shape index (κ1) is 20.4. The van der Waals surface area contributed by atoms with Crippen molar-refractivity contribution >= 4 is 29.0 Å². The lowest BCUT2D eigenvalue weighted by molar-refractivity contribution is 0.133. The Morgan fingerprint density at radius 2 is 1.82 bits per heavy atom. The van der Waals surface area contributed by atoms with Crippen LogP contribution in [0.1, 0.15) is 35.2 Å². The van der Waals surface area contributed by atoms with E-state index in [0.29, 0.717) is 24.8 Å². The number of hydrogen-bond donors (Lipinski definition) is 2. The van der Waals surface area contributed by atoms with Gasteiger partial charge in [0.25, 0.3) is 0 Å². The first-order valence-electron chi connectivity index (χ1n) is 9.14. The van der Waals surface area contributed by atoms with Crippen molar-refractivity contribution in [1.29, 1.82) is 0 Å². The molecule has 0 spiro atoms. The summed E-state index contributed by atoms with van der Waals surface area (Å²) in [6, 6.07) is 17.1. The van der Waals surface area contributed by atoms with Crippen LogP contribution in [0, 0.1) is 0 Å². The summed E-state index contributed by atoms with van der Waals surface area (Å²) in [6.45, 7) is 3.60. The lowest BCUT2D eigenvalue weighted by atomic mass is 10.0. The molecule has 2 aromatic carbocycles. The maximum atomic E-state index is 12.6. The molecule has 0 aliphatic rings. The van der Waals surface area contributed by atoms with Crippen LogP contribution in [-0.2, 0) is 17.9 Å². The molecule has 0 fully saturated rings. The lowest BCUT2D eigenvalue weighted by Gasteiger charge is -2.19. The Kier molecular flexibility index (Phi) is 7.48. The van der Waals surface area contributed by atoms with Gasteiger partial charge in [-0.25, -0.2) is 4.79 Å². The molecule has 1 atom stereocenters. The van der Waals surface area contributed by atoms with Gasteiger partial charge in [0.1, 0.15) is 0 Å². The largest absolute Gasteiger partial charge is 0.377 e. The molecule has 146 valence electrons. The van der Waals surface area contributed by atoms with Crippen molar-refractivity contribution < 1.29 is 9.53 Å². The molecule has 1 aromatic heterocycles. The summed E-state index contributed by atoms with van der Waals surface area (Å²) >= 11 is 7.61. The van der Waals surface area contributed by atoms with E-state index >= 15 is 0 Å². The minimum absolute atomic E-state index is 0.225. The van der Waals surface area contributed by atoms with Crippen molar-refractivity contribution in [3.63, 3.8) is 0 Å². The van der Waals surface area contributed by atoms with E-state index in [-0.39, 0.29) is 12.1 Å². The van der Waals surface area contributed by atoms with Gasteiger partial charge >= 0.3 is 6.03 Å². The average molecular weight is 415 g/mol. The quantitative estimate of drug-likeness (QED) is 0.509. The number of carbonyl (C=O) groups is 1. The van der Waals surface area contributed by atoms with E-state index in [1.54, 1.807) is 11.3 Å². The highest BCUT2D eigenvalue weighted by molar-refractivity contribution is 7.08. The Hall–Kier alpha value is -2.34. The van der Waals surface area contributed by atoms with Gasteiger partial charge in [-0.3, -0.25) is 0 Å². The molecular formula is C22H23ClN2O2S. The molecule has 2 N–H and O–H groups in total. The highest BCUT2D eigenvalue weighted by Gasteiger charge is 2.17. The number of halogens is 1. The fourth-order valence-electron chi connectivity index (χ4n) is 2.89. The van der Waals surface area contributed by atoms with Crippen LogP contribution in [0.15, 0.2) is 65.4 Å². The van der Waals surface area contributed by atoms with Crippen LogP contribution in [0.3, 0.4) is 0 Å². The van der Waals surface area contributed by atoms with Gasteiger partial charge in [-0.15, -0.1) is 0 Å². The van der Waals surface area contributed by atoms with Crippen molar-refractivity contribution in [3.05, 3.63) is 92.6 Å². The first-order chi connectivity index (χ1) is 13.7. The molecule has 2 amide bonds. The molecule has 6 heteroatoms. The standard InChI is InChI=1S/C22H23ClN2O2S/c1-2-27-14-18-6-4-3-5-17(18)13-24-22(26)25-21(19-11-12-28-15-19)16-7-9-20(23)10-8-16/h3-12,15,21H,2,13-14H2,1H3,(H2,24,25,26). The van der Waals surface area contributed by atoms with Crippen molar-refractivity contribution in [3.8, 4) is 0 Å². The molecule has 1 heterocycles. The summed E-state index contributed by atoms with van der Waals surface area (Å²) in [5.74, 6) is 0. The van der Waals surface area contributed by atoms with Gasteiger partial charge in [-0.1, -0.05) is 48.0 Å². The zero-order valence-corrected chi connectivity index (χ0v) is 17.2. The van der Waals surface area contributed by atoms with Gasteiger partial charge in [0.15, 0.2) is 0 Å². The van der Waals surface area contributed by atoms with Gasteiger partial charge in [-0.05, 0) is 58.1 Å². The number of nitrogens with one attached hydrogen (secondary N) is 2. The maximum Gasteiger partial charge on any atom is 0.315 e. The Balaban J connectivity index is 1.67. The number of rotatable bonds is 8. The van der Waals surface area contributed by atoms with Crippen LogP contribution in [-0.4, -0.2) is 12.6 Å². The number of amides is 2. The molecule has 28 heavy (non-hydrogen) atoms. The summed E-state index contributed by atoms with van der Waals surface area (Å²) in [7, 11) is 0. The van der Waals surface area contributed by atoms with Crippen molar-refractivity contribution in [2.45, 2.75) is 26.1 Å².